The van der Waals surface area contributed by atoms with Crippen molar-refractivity contribution in [2.24, 2.45) is 0 Å². The number of nitrogens with one attached hydrogen (secondary N) is 1. The predicted octanol–water partition coefficient (Wildman–Crippen LogP) is 4.82. The highest BCUT2D eigenvalue weighted by Crippen LogP contribution is 2.30. The number of benzene rings is 2. The summed E-state index contributed by atoms with van der Waals surface area (Å²) in [6, 6.07) is 16.8. The fourth-order valence-corrected chi connectivity index (χ4v) is 4.37. The highest BCUT2D eigenvalue weighted by Gasteiger charge is 2.21. The maximum atomic E-state index is 13.9. The van der Waals surface area contributed by atoms with E-state index >= 15 is 0 Å². The molecule has 0 radical (unpaired) electrons. The first-order chi connectivity index (χ1) is 12.7. The molecule has 1 aliphatic carbocycles. The molecule has 1 amide bonds. The molecule has 3 aromatic rings. The molecular formula is C22H20FNOS. The summed E-state index contributed by atoms with van der Waals surface area (Å²) in [7, 11) is 0. The molecule has 2 nitrogen and oxygen atoms in total. The molecule has 1 heterocycles. The van der Waals surface area contributed by atoms with Crippen molar-refractivity contribution in [3.8, 4) is 0 Å². The lowest BCUT2D eigenvalue weighted by molar-refractivity contribution is -0.121. The fourth-order valence-electron chi connectivity index (χ4n) is 3.57. The summed E-state index contributed by atoms with van der Waals surface area (Å²) in [4.78, 5) is 13.7. The van der Waals surface area contributed by atoms with E-state index in [9.17, 15) is 9.18 Å². The summed E-state index contributed by atoms with van der Waals surface area (Å²) in [6.07, 6.45) is 3.48. The van der Waals surface area contributed by atoms with Crippen LogP contribution in [-0.4, -0.2) is 5.91 Å². The van der Waals surface area contributed by atoms with E-state index in [2.05, 4.69) is 23.5 Å². The zero-order valence-corrected chi connectivity index (χ0v) is 15.2. The quantitative estimate of drug-likeness (QED) is 0.690. The van der Waals surface area contributed by atoms with Crippen LogP contribution in [0.2, 0.25) is 0 Å². The molecule has 1 N–H and O–H groups in total. The zero-order chi connectivity index (χ0) is 17.9. The van der Waals surface area contributed by atoms with Crippen molar-refractivity contribution in [3.05, 3.63) is 92.9 Å². The van der Waals surface area contributed by atoms with E-state index in [1.165, 1.54) is 23.6 Å². The van der Waals surface area contributed by atoms with Gasteiger partial charge in [-0.2, -0.15) is 0 Å². The van der Waals surface area contributed by atoms with E-state index in [0.717, 1.165) is 23.3 Å². The van der Waals surface area contributed by atoms with Gasteiger partial charge in [0.15, 0.2) is 0 Å². The van der Waals surface area contributed by atoms with Crippen molar-refractivity contribution in [3.63, 3.8) is 0 Å². The van der Waals surface area contributed by atoms with E-state index in [-0.39, 0.29) is 24.2 Å². The minimum Gasteiger partial charge on any atom is -0.344 e. The van der Waals surface area contributed by atoms with E-state index in [0.29, 0.717) is 5.56 Å². The average Bonchev–Trinajstić information content (AvgIpc) is 3.32. The van der Waals surface area contributed by atoms with Crippen molar-refractivity contribution in [2.75, 3.05) is 0 Å². The van der Waals surface area contributed by atoms with Crippen LogP contribution in [0.4, 0.5) is 4.39 Å². The molecule has 132 valence electrons. The summed E-state index contributed by atoms with van der Waals surface area (Å²) in [5, 5.41) is 5.12. The van der Waals surface area contributed by atoms with Crippen molar-refractivity contribution in [2.45, 2.75) is 31.7 Å². The van der Waals surface area contributed by atoms with Gasteiger partial charge < -0.3 is 5.32 Å². The topological polar surface area (TPSA) is 29.1 Å². The molecule has 1 unspecified atom stereocenters. The van der Waals surface area contributed by atoms with Crippen LogP contribution >= 0.6 is 11.3 Å². The van der Waals surface area contributed by atoms with Crippen LogP contribution in [0.25, 0.3) is 0 Å². The SMILES string of the molecule is O=C(Cc1ccccc1F)NC(c1ccc2c(c1)CCC2)c1cccs1. The van der Waals surface area contributed by atoms with Crippen LogP contribution in [0.1, 0.15) is 39.6 Å². The van der Waals surface area contributed by atoms with E-state index in [1.54, 1.807) is 29.5 Å². The monoisotopic (exact) mass is 365 g/mol. The minimum atomic E-state index is -0.340. The molecule has 0 spiro atoms. The molecule has 4 rings (SSSR count). The molecular weight excluding hydrogens is 345 g/mol. The van der Waals surface area contributed by atoms with Crippen LogP contribution in [-0.2, 0) is 24.1 Å². The Morgan fingerprint density at radius 1 is 1.08 bits per heavy atom. The van der Waals surface area contributed by atoms with E-state index in [1.807, 2.05) is 17.5 Å². The van der Waals surface area contributed by atoms with Gasteiger partial charge in [-0.05, 0) is 59.0 Å². The predicted molar refractivity (Wildman–Crippen MR) is 103 cm³/mol. The van der Waals surface area contributed by atoms with Crippen LogP contribution in [0, 0.1) is 5.82 Å². The van der Waals surface area contributed by atoms with Crippen LogP contribution < -0.4 is 5.32 Å². The lowest BCUT2D eigenvalue weighted by Gasteiger charge is -2.19. The number of thiophene rings is 1. The second-order valence-corrected chi connectivity index (χ2v) is 7.65. The van der Waals surface area contributed by atoms with Gasteiger partial charge in [0.25, 0.3) is 0 Å². The minimum absolute atomic E-state index is 0.0412. The maximum Gasteiger partial charge on any atom is 0.225 e. The number of hydrogen-bond acceptors (Lipinski definition) is 2. The Bertz CT molecular complexity index is 920. The summed E-state index contributed by atoms with van der Waals surface area (Å²) in [6.45, 7) is 0. The first kappa shape index (κ1) is 17.0. The molecule has 0 saturated heterocycles. The summed E-state index contributed by atoms with van der Waals surface area (Å²) in [5.74, 6) is -0.512. The zero-order valence-electron chi connectivity index (χ0n) is 14.4. The smallest absolute Gasteiger partial charge is 0.225 e. The first-order valence-corrected chi connectivity index (χ1v) is 9.76. The molecule has 2 aromatic carbocycles. The number of hydrogen-bond donors (Lipinski definition) is 1. The Hall–Kier alpha value is -2.46. The number of fused-ring (bicyclic) bond motifs is 1. The number of amides is 1. The van der Waals surface area contributed by atoms with Gasteiger partial charge in [-0.3, -0.25) is 4.79 Å². The van der Waals surface area contributed by atoms with Crippen LogP contribution in [0.15, 0.2) is 60.0 Å². The Kier molecular flexibility index (Phi) is 4.85. The number of halogens is 1. The second kappa shape index (κ2) is 7.42. The van der Waals surface area contributed by atoms with E-state index < -0.39 is 0 Å². The Morgan fingerprint density at radius 3 is 2.73 bits per heavy atom. The molecule has 0 saturated carbocycles. The second-order valence-electron chi connectivity index (χ2n) is 6.67. The Balaban J connectivity index is 1.58. The maximum absolute atomic E-state index is 13.9. The Morgan fingerprint density at radius 2 is 1.92 bits per heavy atom. The molecule has 1 aromatic heterocycles. The lowest BCUT2D eigenvalue weighted by atomic mass is 9.99. The molecule has 0 aliphatic heterocycles. The third kappa shape index (κ3) is 3.56. The summed E-state index contributed by atoms with van der Waals surface area (Å²) in [5.41, 5.74) is 4.31. The molecule has 0 bridgehead atoms. The molecule has 4 heteroatoms. The van der Waals surface area contributed by atoms with Crippen molar-refractivity contribution >= 4 is 17.2 Å². The third-order valence-corrected chi connectivity index (χ3v) is 5.83. The fraction of sp³-hybridized carbons (Fsp3) is 0.227. The van der Waals surface area contributed by atoms with Crippen molar-refractivity contribution in [1.29, 1.82) is 0 Å². The third-order valence-electron chi connectivity index (χ3n) is 4.90. The van der Waals surface area contributed by atoms with Gasteiger partial charge >= 0.3 is 0 Å². The summed E-state index contributed by atoms with van der Waals surface area (Å²) >= 11 is 1.62. The van der Waals surface area contributed by atoms with E-state index in [4.69, 9.17) is 0 Å². The lowest BCUT2D eigenvalue weighted by Crippen LogP contribution is -2.30. The van der Waals surface area contributed by atoms with Crippen molar-refractivity contribution in [1.82, 2.24) is 5.32 Å². The Labute approximate surface area is 156 Å². The van der Waals surface area contributed by atoms with Gasteiger partial charge in [0.2, 0.25) is 5.91 Å². The van der Waals surface area contributed by atoms with Gasteiger partial charge in [-0.25, -0.2) is 4.39 Å². The largest absolute Gasteiger partial charge is 0.344 e. The van der Waals surface area contributed by atoms with Gasteiger partial charge in [0, 0.05) is 4.88 Å². The molecule has 0 fully saturated rings. The van der Waals surface area contributed by atoms with Gasteiger partial charge in [0.05, 0.1) is 12.5 Å². The van der Waals surface area contributed by atoms with Crippen molar-refractivity contribution < 1.29 is 9.18 Å². The number of carbonyl (C=O) groups excluding carboxylic acids is 1. The van der Waals surface area contributed by atoms with Crippen LogP contribution in [0.5, 0.6) is 0 Å². The molecule has 1 atom stereocenters. The summed E-state index contributed by atoms with van der Waals surface area (Å²) < 4.78 is 13.9. The van der Waals surface area contributed by atoms with Gasteiger partial charge in [-0.15, -0.1) is 11.3 Å². The van der Waals surface area contributed by atoms with Gasteiger partial charge in [-0.1, -0.05) is 42.5 Å². The van der Waals surface area contributed by atoms with Crippen LogP contribution in [0.3, 0.4) is 0 Å². The number of rotatable bonds is 5. The highest BCUT2D eigenvalue weighted by atomic mass is 32.1. The first-order valence-electron chi connectivity index (χ1n) is 8.88. The standard InChI is InChI=1S/C22H20FNOS/c23-19-8-2-1-5-17(19)14-21(25)24-22(20-9-4-12-26-20)18-11-10-15-6-3-7-16(15)13-18/h1-2,4-5,8-13,22H,3,6-7,14H2,(H,24,25). The molecule has 26 heavy (non-hydrogen) atoms. The average molecular weight is 365 g/mol. The van der Waals surface area contributed by atoms with Gasteiger partial charge in [0.1, 0.15) is 5.82 Å². The number of carbonyl (C=O) groups is 1. The highest BCUT2D eigenvalue weighted by molar-refractivity contribution is 7.10. The normalized spacial score (nSPS) is 14.0. The number of aryl methyl sites for hydroxylation is 2. The molecule has 1 aliphatic rings.